The molecular weight excluding hydrogens is 1650 g/mol. The maximum atomic E-state index is 5.10. The molecule has 0 unspecified atom stereocenters. The van der Waals surface area contributed by atoms with Gasteiger partial charge < -0.3 is 0 Å². The van der Waals surface area contributed by atoms with Crippen molar-refractivity contribution in [2.24, 2.45) is 0 Å². The van der Waals surface area contributed by atoms with Gasteiger partial charge in [0.15, 0.2) is 52.4 Å². The number of aromatic nitrogens is 15. The lowest BCUT2D eigenvalue weighted by molar-refractivity contribution is 1.05. The van der Waals surface area contributed by atoms with E-state index in [4.69, 9.17) is 59.8 Å². The Hall–Kier alpha value is -18.6. The molecule has 15 heteroatoms. The number of hydrogen-bond acceptors (Lipinski definition) is 12. The van der Waals surface area contributed by atoms with Crippen LogP contribution in [-0.2, 0) is 0 Å². The summed E-state index contributed by atoms with van der Waals surface area (Å²) >= 11 is 0. The lowest BCUT2D eigenvalue weighted by Gasteiger charge is -2.11. The van der Waals surface area contributed by atoms with Crippen molar-refractivity contribution in [1.82, 2.24) is 73.5 Å². The second kappa shape index (κ2) is 33.5. The number of benzene rings is 18. The van der Waals surface area contributed by atoms with E-state index in [2.05, 4.69) is 341 Å². The van der Waals surface area contributed by atoms with Crippen molar-refractivity contribution in [2.45, 2.75) is 0 Å². The van der Waals surface area contributed by atoms with Gasteiger partial charge in [-0.2, -0.15) is 0 Å². The van der Waals surface area contributed by atoms with Gasteiger partial charge in [-0.1, -0.05) is 346 Å². The molecule has 135 heavy (non-hydrogen) atoms. The predicted molar refractivity (Wildman–Crippen MR) is 550 cm³/mol. The quantitative estimate of drug-likeness (QED) is 0.114. The van der Waals surface area contributed by atoms with E-state index in [0.29, 0.717) is 52.4 Å². The van der Waals surface area contributed by atoms with E-state index >= 15 is 0 Å². The van der Waals surface area contributed by atoms with E-state index in [0.717, 1.165) is 117 Å². The van der Waals surface area contributed by atoms with Crippen LogP contribution in [-0.4, -0.2) is 73.5 Å². The van der Waals surface area contributed by atoms with Gasteiger partial charge in [-0.15, -0.1) is 0 Å². The zero-order valence-corrected chi connectivity index (χ0v) is 72.5. The normalized spacial score (nSPS) is 11.6. The van der Waals surface area contributed by atoms with E-state index in [1.54, 1.807) is 0 Å². The molecular formula is C120H75N15. The summed E-state index contributed by atoms with van der Waals surface area (Å²) < 4.78 is 6.72. The Morgan fingerprint density at radius 2 is 0.341 bits per heavy atom. The summed E-state index contributed by atoms with van der Waals surface area (Å²) in [6.07, 6.45) is 5.52. The van der Waals surface area contributed by atoms with E-state index in [-0.39, 0.29) is 0 Å². The highest BCUT2D eigenvalue weighted by molar-refractivity contribution is 6.24. The SMILES string of the molecule is c1ccc(-c2nc(-c3ccccc3)nc(-c3ccnc(-n4c5ccccc5c5c6ccccc6ccc54)c3)n2)cc1.c1ccc(-c2nc(-c3ccnc(-n4c5ccccc5c5c6ccccc6ccc54)c3)nc(-c3ccc4ccccc4c3)n2)cc1.c1ccc2cc(-c3nc(-c4ccnc(-n5c6ccccc6c6c7ccccc7ccc65)c4)nc(-c4ccc5ccccc5c4)n3)ccc2c1. The largest absolute Gasteiger partial charge is 0.294 e. The van der Waals surface area contributed by atoms with E-state index in [1.165, 1.54) is 80.8 Å². The van der Waals surface area contributed by atoms with Crippen LogP contribution in [0, 0.1) is 0 Å². The van der Waals surface area contributed by atoms with Gasteiger partial charge in [0.1, 0.15) is 17.5 Å². The third-order valence-electron chi connectivity index (χ3n) is 25.4. The minimum atomic E-state index is 0.594. The van der Waals surface area contributed by atoms with Crippen LogP contribution in [0.4, 0.5) is 0 Å². The van der Waals surface area contributed by atoms with Gasteiger partial charge >= 0.3 is 0 Å². The van der Waals surface area contributed by atoms with Gasteiger partial charge in [-0.25, -0.2) is 59.8 Å². The third kappa shape index (κ3) is 14.5. The molecule has 0 radical (unpaired) electrons. The number of hydrogen-bond donors (Lipinski definition) is 0. The van der Waals surface area contributed by atoms with Gasteiger partial charge in [0.2, 0.25) is 0 Å². The van der Waals surface area contributed by atoms with Crippen molar-refractivity contribution in [3.63, 3.8) is 0 Å². The molecule has 18 aromatic carbocycles. The average molecular weight is 1730 g/mol. The van der Waals surface area contributed by atoms with E-state index < -0.39 is 0 Å². The zero-order valence-electron chi connectivity index (χ0n) is 72.5. The van der Waals surface area contributed by atoms with Gasteiger partial charge in [0.25, 0.3) is 0 Å². The molecule has 15 nitrogen and oxygen atoms in total. The van der Waals surface area contributed by atoms with Crippen LogP contribution in [0.5, 0.6) is 0 Å². The van der Waals surface area contributed by atoms with Crippen LogP contribution in [0.2, 0.25) is 0 Å². The molecule has 0 saturated carbocycles. The Morgan fingerprint density at radius 3 is 0.615 bits per heavy atom. The summed E-state index contributed by atoms with van der Waals surface area (Å²) in [6.45, 7) is 0. The second-order valence-corrected chi connectivity index (χ2v) is 33.5. The number of para-hydroxylation sites is 3. The van der Waals surface area contributed by atoms with Gasteiger partial charge in [-0.3, -0.25) is 13.7 Å². The lowest BCUT2D eigenvalue weighted by atomic mass is 10.0. The Bertz CT molecular complexity index is 9200. The van der Waals surface area contributed by atoms with Crippen LogP contribution >= 0.6 is 0 Å². The summed E-state index contributed by atoms with van der Waals surface area (Å²) in [6, 6.07) is 151. The predicted octanol–water partition coefficient (Wildman–Crippen LogP) is 29.0. The minimum absolute atomic E-state index is 0.594. The smallest absolute Gasteiger partial charge is 0.164 e. The molecule has 27 rings (SSSR count). The molecule has 0 fully saturated rings. The minimum Gasteiger partial charge on any atom is -0.294 e. The first-order chi connectivity index (χ1) is 66.9. The number of rotatable bonds is 12. The van der Waals surface area contributed by atoms with Gasteiger partial charge in [-0.05, 0) is 156 Å². The van der Waals surface area contributed by atoms with Crippen molar-refractivity contribution < 1.29 is 0 Å². The molecule has 0 bridgehead atoms. The molecule has 0 aliphatic heterocycles. The Labute approximate surface area is 773 Å². The highest BCUT2D eigenvalue weighted by Crippen LogP contribution is 2.43. The van der Waals surface area contributed by atoms with Crippen molar-refractivity contribution in [1.29, 1.82) is 0 Å². The maximum absolute atomic E-state index is 5.10. The topological polar surface area (TPSA) is 169 Å². The highest BCUT2D eigenvalue weighted by Gasteiger charge is 2.24. The van der Waals surface area contributed by atoms with Crippen molar-refractivity contribution in [3.8, 4) is 120 Å². The molecule has 9 heterocycles. The van der Waals surface area contributed by atoms with E-state index in [1.807, 2.05) is 128 Å². The maximum Gasteiger partial charge on any atom is 0.164 e. The van der Waals surface area contributed by atoms with Crippen molar-refractivity contribution >= 4 is 130 Å². The standard InChI is InChI=1S/C44H27N5.C40H25N5.C36H23N5/c1-3-12-31-25-33(19-17-28(31)9-1)42-46-43(34-20-18-29-10-2-4-13-32(29)26-34)48-44(47-42)35-23-24-45-40(27-35)49-38-16-8-7-15-37(38)41-36-14-6-5-11-30(36)21-22-39(41)49;1-2-12-28(13-3-1)38-42-39(30-19-18-26-10-4-5-14-29(26)24-30)44-40(43-38)31-22-23-41-36(25-31)45-34-17-9-8-16-33(34)37-32-15-7-6-11-27(32)20-21-35(37)45;1-3-12-25(13-4-1)34-38-35(26-14-5-2-6-15-26)40-36(39-34)27-21-22-37-32(23-27)41-30-18-10-9-17-29(30)33-28-16-8-7-11-24(28)19-20-31(33)41/h1-27H;1-25H;1-23H. The third-order valence-corrected chi connectivity index (χ3v) is 25.4. The first-order valence-corrected chi connectivity index (χ1v) is 45.0. The molecule has 0 atom stereocenters. The fourth-order valence-corrected chi connectivity index (χ4v) is 19.0. The van der Waals surface area contributed by atoms with Gasteiger partial charge in [0.05, 0.1) is 33.1 Å². The molecule has 9 aromatic heterocycles. The summed E-state index contributed by atoms with van der Waals surface area (Å²) in [5.74, 6) is 8.00. The molecule has 0 aliphatic carbocycles. The fourth-order valence-electron chi connectivity index (χ4n) is 19.0. The fraction of sp³-hybridized carbons (Fsp3) is 0. The molecule has 630 valence electrons. The Morgan fingerprint density at radius 1 is 0.133 bits per heavy atom. The summed E-state index contributed by atoms with van der Waals surface area (Å²) in [5, 5.41) is 21.5. The summed E-state index contributed by atoms with van der Waals surface area (Å²) in [7, 11) is 0. The van der Waals surface area contributed by atoms with Crippen molar-refractivity contribution in [2.75, 3.05) is 0 Å². The highest BCUT2D eigenvalue weighted by atomic mass is 15.1. The van der Waals surface area contributed by atoms with Gasteiger partial charge in [0, 0.05) is 101 Å². The molecule has 0 spiro atoms. The molecule has 0 aliphatic rings. The van der Waals surface area contributed by atoms with Crippen LogP contribution in [0.25, 0.3) is 250 Å². The average Bonchev–Trinajstić information content (AvgIpc) is 1.58. The van der Waals surface area contributed by atoms with Crippen LogP contribution in [0.15, 0.2) is 455 Å². The Kier molecular flexibility index (Phi) is 19.5. The number of nitrogens with zero attached hydrogens (tertiary/aromatic N) is 15. The van der Waals surface area contributed by atoms with E-state index in [9.17, 15) is 0 Å². The monoisotopic (exact) mass is 1730 g/mol. The Balaban J connectivity index is 0.000000108. The number of pyridine rings is 3. The van der Waals surface area contributed by atoms with Crippen molar-refractivity contribution in [3.05, 3.63) is 455 Å². The van der Waals surface area contributed by atoms with Crippen LogP contribution in [0.3, 0.4) is 0 Å². The first-order valence-electron chi connectivity index (χ1n) is 45.0. The second-order valence-electron chi connectivity index (χ2n) is 33.5. The molecule has 0 N–H and O–H groups in total. The zero-order chi connectivity index (χ0) is 89.2. The first kappa shape index (κ1) is 78.6. The summed E-state index contributed by atoms with van der Waals surface area (Å²) in [5.41, 5.74) is 14.9. The van der Waals surface area contributed by atoms with Crippen LogP contribution in [0.1, 0.15) is 0 Å². The summed E-state index contributed by atoms with van der Waals surface area (Å²) in [4.78, 5) is 59.5. The molecule has 0 saturated heterocycles. The molecule has 0 amide bonds. The number of fused-ring (bicyclic) bond motifs is 18. The lowest BCUT2D eigenvalue weighted by Crippen LogP contribution is -2.02. The van der Waals surface area contributed by atoms with Crippen LogP contribution < -0.4 is 0 Å². The molecule has 27 aromatic rings.